The molecule has 0 N–H and O–H groups in total. The van der Waals surface area contributed by atoms with Crippen LogP contribution in [0.15, 0.2) is 53.0 Å². The molecular formula is C26H29N3O3. The van der Waals surface area contributed by atoms with E-state index in [1.54, 1.807) is 5.57 Å². The fourth-order valence-electron chi connectivity index (χ4n) is 6.36. The van der Waals surface area contributed by atoms with E-state index in [-0.39, 0.29) is 23.7 Å². The molecule has 2 aromatic rings. The van der Waals surface area contributed by atoms with Crippen molar-refractivity contribution in [2.24, 2.45) is 11.8 Å². The summed E-state index contributed by atoms with van der Waals surface area (Å²) in [6.45, 7) is 4.20. The van der Waals surface area contributed by atoms with Crippen LogP contribution in [0.4, 0.5) is 0 Å². The lowest BCUT2D eigenvalue weighted by atomic mass is 9.49. The van der Waals surface area contributed by atoms with E-state index >= 15 is 0 Å². The Morgan fingerprint density at radius 3 is 2.53 bits per heavy atom. The third-order valence-electron chi connectivity index (χ3n) is 8.24. The highest BCUT2D eigenvalue weighted by Gasteiger charge is 2.52. The molecule has 3 heterocycles. The lowest BCUT2D eigenvalue weighted by Gasteiger charge is -2.58. The van der Waals surface area contributed by atoms with Gasteiger partial charge in [0, 0.05) is 36.2 Å². The van der Waals surface area contributed by atoms with Crippen LogP contribution >= 0.6 is 0 Å². The van der Waals surface area contributed by atoms with E-state index in [2.05, 4.69) is 22.7 Å². The van der Waals surface area contributed by atoms with Crippen molar-refractivity contribution in [1.82, 2.24) is 14.5 Å². The highest BCUT2D eigenvalue weighted by molar-refractivity contribution is 5.77. The van der Waals surface area contributed by atoms with Crippen LogP contribution in [0.25, 0.3) is 11.0 Å². The van der Waals surface area contributed by atoms with Gasteiger partial charge in [-0.3, -0.25) is 9.59 Å². The lowest BCUT2D eigenvalue weighted by molar-refractivity contribution is -0.139. The Kier molecular flexibility index (Phi) is 4.52. The Hall–Kier alpha value is -2.89. The van der Waals surface area contributed by atoms with E-state index in [4.69, 9.17) is 4.74 Å². The minimum atomic E-state index is -0.435. The first-order chi connectivity index (χ1) is 15.5. The lowest BCUT2D eigenvalue weighted by Crippen LogP contribution is -2.53. The van der Waals surface area contributed by atoms with Gasteiger partial charge in [0.05, 0.1) is 24.6 Å². The van der Waals surface area contributed by atoms with Gasteiger partial charge in [0.2, 0.25) is 0 Å². The summed E-state index contributed by atoms with van der Waals surface area (Å²) in [5, 5.41) is 0. The smallest absolute Gasteiger partial charge is 0.311 e. The monoisotopic (exact) mass is 431 g/mol. The topological polar surface area (TPSA) is 64.4 Å². The number of ether oxygens (including phenoxy) is 1. The van der Waals surface area contributed by atoms with Crippen molar-refractivity contribution < 1.29 is 9.53 Å². The van der Waals surface area contributed by atoms with Gasteiger partial charge in [-0.2, -0.15) is 0 Å². The SMILES string of the molecule is C=C1C2CC1C2=CN1[C@@H]2CCC[C@H]1CC(n1c(=O)c(CC(=O)OC)nc3ccccc31)C2. The number of carbonyl (C=O) groups is 1. The predicted molar refractivity (Wildman–Crippen MR) is 122 cm³/mol. The average Bonchev–Trinajstić information content (AvgIpc) is 2.76. The van der Waals surface area contributed by atoms with Crippen LogP contribution in [-0.4, -0.2) is 39.6 Å². The summed E-state index contributed by atoms with van der Waals surface area (Å²) in [6, 6.07) is 8.80. The number of methoxy groups -OCH3 is 1. The Bertz CT molecular complexity index is 1180. The second-order valence-corrected chi connectivity index (χ2v) is 9.83. The second-order valence-electron chi connectivity index (χ2n) is 9.83. The molecule has 6 nitrogen and oxygen atoms in total. The molecular weight excluding hydrogens is 402 g/mol. The number of fused-ring (bicyclic) bond motifs is 3. The van der Waals surface area contributed by atoms with Crippen LogP contribution in [-0.2, 0) is 16.0 Å². The number of hydrogen-bond acceptors (Lipinski definition) is 5. The minimum absolute atomic E-state index is 0.0926. The Labute approximate surface area is 187 Å². The first-order valence-electron chi connectivity index (χ1n) is 11.8. The number of piperidine rings is 2. The van der Waals surface area contributed by atoms with Crippen LogP contribution in [0.3, 0.4) is 0 Å². The quantitative estimate of drug-likeness (QED) is 0.545. The van der Waals surface area contributed by atoms with E-state index in [1.807, 2.05) is 28.8 Å². The molecule has 5 atom stereocenters. The van der Waals surface area contributed by atoms with Crippen molar-refractivity contribution in [3.8, 4) is 0 Å². The third-order valence-corrected chi connectivity index (χ3v) is 8.24. The van der Waals surface area contributed by atoms with Crippen molar-refractivity contribution in [2.75, 3.05) is 7.11 Å². The summed E-state index contributed by atoms with van der Waals surface area (Å²) >= 11 is 0. The van der Waals surface area contributed by atoms with Crippen LogP contribution in [0.5, 0.6) is 0 Å². The van der Waals surface area contributed by atoms with Gasteiger partial charge in [0.1, 0.15) is 5.69 Å². The van der Waals surface area contributed by atoms with Gasteiger partial charge in [-0.15, -0.1) is 0 Å². The maximum Gasteiger partial charge on any atom is 0.311 e. The molecule has 4 bridgehead atoms. The van der Waals surface area contributed by atoms with Crippen LogP contribution in [0, 0.1) is 11.8 Å². The van der Waals surface area contributed by atoms with Gasteiger partial charge < -0.3 is 14.2 Å². The number of aromatic nitrogens is 2. The largest absolute Gasteiger partial charge is 0.469 e. The van der Waals surface area contributed by atoms with Crippen LogP contribution < -0.4 is 5.56 Å². The first-order valence-corrected chi connectivity index (χ1v) is 11.8. The molecule has 32 heavy (non-hydrogen) atoms. The van der Waals surface area contributed by atoms with Gasteiger partial charge in [-0.05, 0) is 56.2 Å². The number of rotatable bonds is 4. The second kappa shape index (κ2) is 7.32. The number of benzene rings is 1. The maximum atomic E-state index is 13.5. The standard InChI is InChI=1S/C26H29N3O3/c1-15-19-12-20(15)21(19)14-28-16-6-5-7-17(28)11-18(10-16)29-24-9-4-3-8-22(24)27-23(26(29)31)13-25(30)32-2/h3-4,8-9,14,16-20H,1,5-7,10-13H2,2H3/t16-,17+,18?,19?,20?. The first kappa shape index (κ1) is 19.8. The molecule has 6 heteroatoms. The Morgan fingerprint density at radius 1 is 1.16 bits per heavy atom. The molecule has 0 spiro atoms. The molecule has 5 aliphatic rings. The summed E-state index contributed by atoms with van der Waals surface area (Å²) in [5.41, 5.74) is 4.74. The number of nitrogens with zero attached hydrogens (tertiary/aromatic N) is 3. The van der Waals surface area contributed by atoms with Gasteiger partial charge in [0.25, 0.3) is 5.56 Å². The summed E-state index contributed by atoms with van der Waals surface area (Å²) < 4.78 is 6.74. The van der Waals surface area contributed by atoms with Crippen molar-refractivity contribution >= 4 is 17.0 Å². The summed E-state index contributed by atoms with van der Waals surface area (Å²) in [6.07, 6.45) is 9.13. The third kappa shape index (κ3) is 2.88. The average molecular weight is 432 g/mol. The maximum absolute atomic E-state index is 13.5. The Morgan fingerprint density at radius 2 is 1.88 bits per heavy atom. The van der Waals surface area contributed by atoms with Gasteiger partial charge >= 0.3 is 5.97 Å². The van der Waals surface area contributed by atoms with Gasteiger partial charge in [-0.25, -0.2) is 4.98 Å². The van der Waals surface area contributed by atoms with E-state index < -0.39 is 5.97 Å². The molecule has 0 radical (unpaired) electrons. The highest BCUT2D eigenvalue weighted by Crippen LogP contribution is 2.62. The fraction of sp³-hybridized carbons (Fsp3) is 0.500. The zero-order valence-corrected chi connectivity index (χ0v) is 18.5. The zero-order chi connectivity index (χ0) is 22.0. The molecule has 166 valence electrons. The summed E-state index contributed by atoms with van der Waals surface area (Å²) in [7, 11) is 1.34. The van der Waals surface area contributed by atoms with E-state index in [1.165, 1.54) is 38.4 Å². The fourth-order valence-corrected chi connectivity index (χ4v) is 6.36. The molecule has 1 aromatic carbocycles. The normalized spacial score (nSPS) is 30.5. The number of para-hydroxylation sites is 2. The predicted octanol–water partition coefficient (Wildman–Crippen LogP) is 3.76. The minimum Gasteiger partial charge on any atom is -0.469 e. The Balaban J connectivity index is 1.36. The molecule has 3 saturated carbocycles. The summed E-state index contributed by atoms with van der Waals surface area (Å²) in [5.74, 6) is 0.826. The van der Waals surface area contributed by atoms with Crippen LogP contribution in [0.1, 0.15) is 50.3 Å². The zero-order valence-electron chi connectivity index (χ0n) is 18.5. The number of allylic oxidation sites excluding steroid dienone is 2. The number of hydrogen-bond donors (Lipinski definition) is 0. The molecule has 3 unspecified atom stereocenters. The van der Waals surface area contributed by atoms with E-state index in [0.29, 0.717) is 23.9 Å². The molecule has 3 aliphatic carbocycles. The number of esters is 1. The van der Waals surface area contributed by atoms with E-state index in [9.17, 15) is 9.59 Å². The van der Waals surface area contributed by atoms with Gasteiger partial charge in [-0.1, -0.05) is 24.3 Å². The molecule has 2 aliphatic heterocycles. The van der Waals surface area contributed by atoms with Crippen molar-refractivity contribution in [2.45, 2.75) is 63.1 Å². The van der Waals surface area contributed by atoms with Crippen molar-refractivity contribution in [3.05, 3.63) is 64.2 Å². The van der Waals surface area contributed by atoms with Crippen molar-refractivity contribution in [3.63, 3.8) is 0 Å². The van der Waals surface area contributed by atoms with Crippen molar-refractivity contribution in [1.29, 1.82) is 0 Å². The number of carbonyl (C=O) groups excluding carboxylic acids is 1. The van der Waals surface area contributed by atoms with Crippen LogP contribution in [0.2, 0.25) is 0 Å². The molecule has 2 saturated heterocycles. The molecule has 7 rings (SSSR count). The van der Waals surface area contributed by atoms with E-state index in [0.717, 1.165) is 23.9 Å². The highest BCUT2D eigenvalue weighted by atomic mass is 16.5. The summed E-state index contributed by atoms with van der Waals surface area (Å²) in [4.78, 5) is 32.6. The molecule has 5 fully saturated rings. The molecule has 1 aromatic heterocycles. The van der Waals surface area contributed by atoms with Gasteiger partial charge in [0.15, 0.2) is 0 Å². The molecule has 0 amide bonds.